The number of carboxylic acid groups (broad SMARTS) is 1. The molecule has 6 rings (SSSR count). The number of benzene rings is 2. The van der Waals surface area contributed by atoms with E-state index in [0.717, 1.165) is 78.6 Å². The number of aryl methyl sites for hydroxylation is 1. The van der Waals surface area contributed by atoms with Crippen LogP contribution in [-0.2, 0) is 17.8 Å². The Morgan fingerprint density at radius 1 is 1.14 bits per heavy atom. The van der Waals surface area contributed by atoms with Crippen LogP contribution in [-0.4, -0.2) is 40.2 Å². The number of carboxylic acids is 1. The van der Waals surface area contributed by atoms with Gasteiger partial charge in [0.15, 0.2) is 0 Å². The van der Waals surface area contributed by atoms with Crippen LogP contribution in [0.3, 0.4) is 0 Å². The first-order chi connectivity index (χ1) is 20.6. The standard InChI is InChI=1S/C36H43FN2O4/c1-22(35(40)41)34(24-7-5-8-24)26-10-9-23-12-14-31(43-32(23)18-26)25-11-13-28(29-19-33(42-4)38-20-30(29)37)27(17-25)21-39-16-6-15-36(39,2)3/h9-11,13,17-20,22,24,31,34H,5-8,12,14-16,21H2,1-4H3,(H,40,41)/t22-,31?,34?/m0/s1. The number of halogens is 1. The molecule has 3 heterocycles. The molecule has 43 heavy (non-hydrogen) atoms. The molecule has 1 saturated heterocycles. The molecule has 1 aliphatic carbocycles. The fourth-order valence-corrected chi connectivity index (χ4v) is 7.36. The van der Waals surface area contributed by atoms with Gasteiger partial charge in [-0.2, -0.15) is 0 Å². The Morgan fingerprint density at radius 2 is 1.95 bits per heavy atom. The fourth-order valence-electron chi connectivity index (χ4n) is 7.36. The molecule has 2 aromatic carbocycles. The predicted octanol–water partition coefficient (Wildman–Crippen LogP) is 7.94. The Labute approximate surface area is 254 Å². The van der Waals surface area contributed by atoms with Gasteiger partial charge >= 0.3 is 5.97 Å². The third kappa shape index (κ3) is 5.88. The summed E-state index contributed by atoms with van der Waals surface area (Å²) in [6, 6.07) is 14.3. The van der Waals surface area contributed by atoms with Gasteiger partial charge < -0.3 is 14.6 Å². The average molecular weight is 587 g/mol. The van der Waals surface area contributed by atoms with Gasteiger partial charge in [0.2, 0.25) is 5.88 Å². The van der Waals surface area contributed by atoms with Crippen molar-refractivity contribution < 1.29 is 23.8 Å². The maximum absolute atomic E-state index is 15.2. The summed E-state index contributed by atoms with van der Waals surface area (Å²) in [5.41, 5.74) is 5.76. The van der Waals surface area contributed by atoms with Gasteiger partial charge in [0.05, 0.1) is 19.2 Å². The maximum Gasteiger partial charge on any atom is 0.306 e. The lowest BCUT2D eigenvalue weighted by molar-refractivity contribution is -0.142. The molecule has 7 heteroatoms. The van der Waals surface area contributed by atoms with Crippen molar-refractivity contribution in [3.05, 3.63) is 76.7 Å². The number of rotatable bonds is 9. The first kappa shape index (κ1) is 29.6. The monoisotopic (exact) mass is 586 g/mol. The summed E-state index contributed by atoms with van der Waals surface area (Å²) in [6.45, 7) is 8.11. The molecule has 228 valence electrons. The number of ether oxygens (including phenoxy) is 2. The maximum atomic E-state index is 15.2. The molecule has 1 saturated carbocycles. The van der Waals surface area contributed by atoms with Crippen LogP contribution in [0.4, 0.5) is 4.39 Å². The summed E-state index contributed by atoms with van der Waals surface area (Å²) < 4.78 is 27.2. The smallest absolute Gasteiger partial charge is 0.306 e. The van der Waals surface area contributed by atoms with Crippen molar-refractivity contribution in [3.63, 3.8) is 0 Å². The highest BCUT2D eigenvalue weighted by atomic mass is 19.1. The number of nitrogens with zero attached hydrogens (tertiary/aromatic N) is 2. The van der Waals surface area contributed by atoms with Crippen molar-refractivity contribution >= 4 is 5.97 Å². The molecule has 2 fully saturated rings. The molecule has 0 amide bonds. The molecule has 3 aromatic rings. The fraction of sp³-hybridized carbons (Fsp3) is 0.500. The Kier molecular flexibility index (Phi) is 8.20. The van der Waals surface area contributed by atoms with E-state index in [1.807, 2.05) is 13.0 Å². The van der Waals surface area contributed by atoms with E-state index in [2.05, 4.69) is 54.1 Å². The molecule has 3 aliphatic rings. The number of aliphatic carboxylic acids is 1. The number of pyridine rings is 1. The summed E-state index contributed by atoms with van der Waals surface area (Å²) in [7, 11) is 1.54. The van der Waals surface area contributed by atoms with Crippen LogP contribution in [0, 0.1) is 17.7 Å². The van der Waals surface area contributed by atoms with Crippen molar-refractivity contribution in [1.82, 2.24) is 9.88 Å². The van der Waals surface area contributed by atoms with Gasteiger partial charge in [-0.1, -0.05) is 43.7 Å². The molecule has 0 bridgehead atoms. The van der Waals surface area contributed by atoms with Crippen LogP contribution < -0.4 is 9.47 Å². The minimum atomic E-state index is -0.745. The minimum absolute atomic E-state index is 0.0116. The molecular formula is C36H43FN2O4. The highest BCUT2D eigenvalue weighted by Gasteiger charge is 2.37. The summed E-state index contributed by atoms with van der Waals surface area (Å²) in [4.78, 5) is 18.5. The molecule has 3 atom stereocenters. The molecular weight excluding hydrogens is 543 g/mol. The Morgan fingerprint density at radius 3 is 2.63 bits per heavy atom. The lowest BCUT2D eigenvalue weighted by Gasteiger charge is -2.37. The molecule has 0 radical (unpaired) electrons. The first-order valence-corrected chi connectivity index (χ1v) is 15.7. The molecule has 0 spiro atoms. The highest BCUT2D eigenvalue weighted by molar-refractivity contribution is 5.71. The van der Waals surface area contributed by atoms with Crippen LogP contribution in [0.5, 0.6) is 11.6 Å². The second-order valence-electron chi connectivity index (χ2n) is 13.3. The molecule has 1 N–H and O–H groups in total. The van der Waals surface area contributed by atoms with Crippen LogP contribution in [0.25, 0.3) is 11.1 Å². The van der Waals surface area contributed by atoms with Crippen molar-refractivity contribution in [2.45, 2.75) is 89.8 Å². The number of hydrogen-bond donors (Lipinski definition) is 1. The van der Waals surface area contributed by atoms with E-state index < -0.39 is 11.9 Å². The van der Waals surface area contributed by atoms with Crippen LogP contribution in [0.2, 0.25) is 0 Å². The number of likely N-dealkylation sites (tertiary alicyclic amines) is 1. The van der Waals surface area contributed by atoms with E-state index in [1.54, 1.807) is 13.2 Å². The topological polar surface area (TPSA) is 71.9 Å². The number of methoxy groups -OCH3 is 1. The zero-order chi connectivity index (χ0) is 30.3. The number of hydrogen-bond acceptors (Lipinski definition) is 5. The zero-order valence-corrected chi connectivity index (χ0v) is 25.7. The molecule has 2 unspecified atom stereocenters. The van der Waals surface area contributed by atoms with Crippen molar-refractivity contribution in [3.8, 4) is 22.8 Å². The first-order valence-electron chi connectivity index (χ1n) is 15.7. The van der Waals surface area contributed by atoms with Crippen molar-refractivity contribution in [2.75, 3.05) is 13.7 Å². The Balaban J connectivity index is 1.33. The van der Waals surface area contributed by atoms with Gasteiger partial charge in [-0.3, -0.25) is 9.69 Å². The summed E-state index contributed by atoms with van der Waals surface area (Å²) in [6.07, 6.45) is 8.42. The third-order valence-corrected chi connectivity index (χ3v) is 10.3. The molecule has 2 aliphatic heterocycles. The van der Waals surface area contributed by atoms with Gasteiger partial charge in [-0.15, -0.1) is 0 Å². The quantitative estimate of drug-likeness (QED) is 0.274. The SMILES string of the molecule is COc1cc(-c2ccc(C3CCc4ccc(C(C5CCC5)[C@H](C)C(=O)O)cc4O3)cc2CN2CCCC2(C)C)c(F)cn1. The van der Waals surface area contributed by atoms with E-state index in [1.165, 1.54) is 12.6 Å². The van der Waals surface area contributed by atoms with E-state index in [-0.39, 0.29) is 23.4 Å². The lowest BCUT2D eigenvalue weighted by Crippen LogP contribution is -2.37. The zero-order valence-electron chi connectivity index (χ0n) is 25.7. The van der Waals surface area contributed by atoms with E-state index >= 15 is 4.39 Å². The highest BCUT2D eigenvalue weighted by Crippen LogP contribution is 2.46. The van der Waals surface area contributed by atoms with Gasteiger partial charge in [0.25, 0.3) is 0 Å². The van der Waals surface area contributed by atoms with Gasteiger partial charge in [-0.05, 0) is 105 Å². The van der Waals surface area contributed by atoms with E-state index in [9.17, 15) is 9.90 Å². The summed E-state index contributed by atoms with van der Waals surface area (Å²) >= 11 is 0. The number of aromatic nitrogens is 1. The third-order valence-electron chi connectivity index (χ3n) is 10.3. The average Bonchev–Trinajstić information content (AvgIpc) is 3.31. The minimum Gasteiger partial charge on any atom is -0.485 e. The predicted molar refractivity (Wildman–Crippen MR) is 165 cm³/mol. The second kappa shape index (κ2) is 11.9. The number of fused-ring (bicyclic) bond motifs is 1. The largest absolute Gasteiger partial charge is 0.485 e. The van der Waals surface area contributed by atoms with Gasteiger partial charge in [0.1, 0.15) is 17.7 Å². The molecule has 1 aromatic heterocycles. The summed E-state index contributed by atoms with van der Waals surface area (Å²) in [5.74, 6) is 0.0660. The molecule has 6 nitrogen and oxygen atoms in total. The Bertz CT molecular complexity index is 1500. The van der Waals surface area contributed by atoms with Gasteiger partial charge in [0, 0.05) is 23.7 Å². The van der Waals surface area contributed by atoms with Crippen molar-refractivity contribution in [2.24, 2.45) is 11.8 Å². The normalized spacial score (nSPS) is 21.4. The van der Waals surface area contributed by atoms with Crippen LogP contribution in [0.1, 0.15) is 93.6 Å². The van der Waals surface area contributed by atoms with Crippen molar-refractivity contribution in [1.29, 1.82) is 0 Å². The number of carbonyl (C=O) groups is 1. The lowest BCUT2D eigenvalue weighted by atomic mass is 9.68. The Hall–Kier alpha value is -3.45. The van der Waals surface area contributed by atoms with E-state index in [4.69, 9.17) is 9.47 Å². The summed E-state index contributed by atoms with van der Waals surface area (Å²) in [5, 5.41) is 9.85. The van der Waals surface area contributed by atoms with E-state index in [0.29, 0.717) is 23.9 Å². The van der Waals surface area contributed by atoms with Crippen LogP contribution in [0.15, 0.2) is 48.7 Å². The van der Waals surface area contributed by atoms with Gasteiger partial charge in [-0.25, -0.2) is 9.37 Å². The van der Waals surface area contributed by atoms with Crippen LogP contribution >= 0.6 is 0 Å². The second-order valence-corrected chi connectivity index (χ2v) is 13.3.